The fraction of sp³-hybridized carbons (Fsp3) is 0.385. The van der Waals surface area contributed by atoms with Gasteiger partial charge in [-0.15, -0.1) is 0 Å². The van der Waals surface area contributed by atoms with Crippen LogP contribution in [-0.4, -0.2) is 36.7 Å². The molecule has 112 valence electrons. The number of carbonyl (C=O) groups excluding carboxylic acids is 1. The van der Waals surface area contributed by atoms with Crippen LogP contribution in [0.15, 0.2) is 24.3 Å². The lowest BCUT2D eigenvalue weighted by atomic mass is 10.1. The lowest BCUT2D eigenvalue weighted by molar-refractivity contribution is -0.136. The van der Waals surface area contributed by atoms with Crippen LogP contribution in [0.4, 0.5) is 23.7 Å². The van der Waals surface area contributed by atoms with E-state index in [2.05, 4.69) is 5.32 Å². The van der Waals surface area contributed by atoms with Crippen LogP contribution >= 0.6 is 0 Å². The molecule has 1 aromatic rings. The number of carbonyl (C=O) groups is 1. The normalized spacial score (nSPS) is 19.0. The van der Waals surface area contributed by atoms with E-state index < -0.39 is 23.9 Å². The summed E-state index contributed by atoms with van der Waals surface area (Å²) in [6, 6.07) is 5.91. The molecule has 1 fully saturated rings. The molecule has 21 heavy (non-hydrogen) atoms. The number of anilines is 1. The number of ether oxygens (including phenoxy) is 1. The number of nitrogens with zero attached hydrogens (tertiary/aromatic N) is 2. The lowest BCUT2D eigenvalue weighted by Crippen LogP contribution is -2.47. The first-order chi connectivity index (χ1) is 9.91. The molecule has 1 unspecified atom stereocenters. The molecule has 0 saturated carbocycles. The van der Waals surface area contributed by atoms with E-state index in [4.69, 9.17) is 10.00 Å². The van der Waals surface area contributed by atoms with Gasteiger partial charge in [0.25, 0.3) is 0 Å². The van der Waals surface area contributed by atoms with E-state index in [9.17, 15) is 18.0 Å². The second kappa shape index (κ2) is 6.01. The molecule has 1 atom stereocenters. The van der Waals surface area contributed by atoms with Crippen molar-refractivity contribution in [2.24, 2.45) is 0 Å². The monoisotopic (exact) mass is 299 g/mol. The van der Waals surface area contributed by atoms with Gasteiger partial charge >= 0.3 is 12.2 Å². The van der Waals surface area contributed by atoms with E-state index in [1.54, 1.807) is 0 Å². The van der Waals surface area contributed by atoms with Crippen molar-refractivity contribution in [2.75, 3.05) is 25.0 Å². The van der Waals surface area contributed by atoms with E-state index in [1.165, 1.54) is 23.1 Å². The summed E-state index contributed by atoms with van der Waals surface area (Å²) in [6.07, 6.45) is -5.31. The molecule has 5 nitrogen and oxygen atoms in total. The van der Waals surface area contributed by atoms with Crippen molar-refractivity contribution < 1.29 is 22.7 Å². The quantitative estimate of drug-likeness (QED) is 0.866. The van der Waals surface area contributed by atoms with Gasteiger partial charge in [-0.2, -0.15) is 18.4 Å². The van der Waals surface area contributed by atoms with Gasteiger partial charge in [0.15, 0.2) is 6.10 Å². The molecule has 8 heteroatoms. The number of nitrogens with one attached hydrogen (secondary N) is 1. The van der Waals surface area contributed by atoms with E-state index in [1.807, 2.05) is 6.07 Å². The Bertz CT molecular complexity index is 569. The van der Waals surface area contributed by atoms with Crippen molar-refractivity contribution in [2.45, 2.75) is 12.3 Å². The highest BCUT2D eigenvalue weighted by molar-refractivity contribution is 5.90. The maximum Gasteiger partial charge on any atom is 0.418 e. The SMILES string of the molecule is N#CC1CN(C(=O)Nc2ccccc2C(F)(F)F)CCO1. The fourth-order valence-corrected chi connectivity index (χ4v) is 1.95. The maximum absolute atomic E-state index is 12.8. The number of amides is 2. The number of benzene rings is 1. The van der Waals surface area contributed by atoms with Crippen LogP contribution < -0.4 is 5.32 Å². The Morgan fingerprint density at radius 3 is 2.81 bits per heavy atom. The van der Waals surface area contributed by atoms with Crippen molar-refractivity contribution >= 4 is 11.7 Å². The van der Waals surface area contributed by atoms with Gasteiger partial charge in [-0.3, -0.25) is 0 Å². The minimum Gasteiger partial charge on any atom is -0.360 e. The molecule has 0 aromatic heterocycles. The van der Waals surface area contributed by atoms with Crippen LogP contribution in [0.5, 0.6) is 0 Å². The maximum atomic E-state index is 12.8. The Hall–Kier alpha value is -2.27. The van der Waals surface area contributed by atoms with Crippen molar-refractivity contribution in [3.63, 3.8) is 0 Å². The van der Waals surface area contributed by atoms with Gasteiger partial charge in [-0.1, -0.05) is 12.1 Å². The number of hydrogen-bond acceptors (Lipinski definition) is 3. The Labute approximate surface area is 118 Å². The van der Waals surface area contributed by atoms with Crippen molar-refractivity contribution in [3.8, 4) is 6.07 Å². The van der Waals surface area contributed by atoms with Crippen LogP contribution in [0.3, 0.4) is 0 Å². The summed E-state index contributed by atoms with van der Waals surface area (Å²) in [5.41, 5.74) is -1.22. The summed E-state index contributed by atoms with van der Waals surface area (Å²) in [7, 11) is 0. The Morgan fingerprint density at radius 2 is 2.14 bits per heavy atom. The number of morpholine rings is 1. The number of urea groups is 1. The van der Waals surface area contributed by atoms with Gasteiger partial charge in [0.05, 0.1) is 30.5 Å². The average Bonchev–Trinajstić information content (AvgIpc) is 2.46. The summed E-state index contributed by atoms with van der Waals surface area (Å²) in [5.74, 6) is 0. The molecule has 0 aliphatic carbocycles. The second-order valence-electron chi connectivity index (χ2n) is 4.41. The first-order valence-electron chi connectivity index (χ1n) is 6.15. The minimum absolute atomic E-state index is 0.0243. The highest BCUT2D eigenvalue weighted by atomic mass is 19.4. The van der Waals surface area contributed by atoms with Crippen LogP contribution in [0, 0.1) is 11.3 Å². The molecule has 1 aliphatic heterocycles. The largest absolute Gasteiger partial charge is 0.418 e. The molecular formula is C13H12F3N3O2. The number of hydrogen-bond donors (Lipinski definition) is 1. The predicted octanol–water partition coefficient (Wildman–Crippen LogP) is 2.46. The zero-order chi connectivity index (χ0) is 15.5. The van der Waals surface area contributed by atoms with E-state index in [0.717, 1.165) is 6.07 Å². The highest BCUT2D eigenvalue weighted by Gasteiger charge is 2.34. The van der Waals surface area contributed by atoms with Gasteiger partial charge in [-0.25, -0.2) is 4.79 Å². The number of alkyl halides is 3. The number of halogens is 3. The summed E-state index contributed by atoms with van der Waals surface area (Å²) in [6.45, 7) is 0.418. The van der Waals surface area contributed by atoms with Crippen molar-refractivity contribution in [3.05, 3.63) is 29.8 Å². The van der Waals surface area contributed by atoms with Gasteiger partial charge in [0.1, 0.15) is 0 Å². The van der Waals surface area contributed by atoms with Crippen molar-refractivity contribution in [1.29, 1.82) is 5.26 Å². The first-order valence-corrected chi connectivity index (χ1v) is 6.15. The number of para-hydroxylation sites is 1. The predicted molar refractivity (Wildman–Crippen MR) is 67.4 cm³/mol. The molecule has 1 aliphatic rings. The molecular weight excluding hydrogens is 287 g/mol. The number of nitriles is 1. The zero-order valence-electron chi connectivity index (χ0n) is 10.9. The molecule has 0 radical (unpaired) electrons. The summed E-state index contributed by atoms with van der Waals surface area (Å²) in [4.78, 5) is 13.2. The van der Waals surface area contributed by atoms with E-state index >= 15 is 0 Å². The Kier molecular flexibility index (Phi) is 4.33. The zero-order valence-corrected chi connectivity index (χ0v) is 10.9. The molecule has 1 aromatic carbocycles. The van der Waals surface area contributed by atoms with Crippen LogP contribution in [0.1, 0.15) is 5.56 Å². The third-order valence-corrected chi connectivity index (χ3v) is 2.97. The smallest absolute Gasteiger partial charge is 0.360 e. The van der Waals surface area contributed by atoms with Gasteiger partial charge in [-0.05, 0) is 12.1 Å². The van der Waals surface area contributed by atoms with E-state index in [-0.39, 0.29) is 25.4 Å². The lowest BCUT2D eigenvalue weighted by Gasteiger charge is -2.30. The van der Waals surface area contributed by atoms with Crippen LogP contribution in [-0.2, 0) is 10.9 Å². The van der Waals surface area contributed by atoms with Crippen LogP contribution in [0.2, 0.25) is 0 Å². The third-order valence-electron chi connectivity index (χ3n) is 2.97. The standard InChI is InChI=1S/C13H12F3N3O2/c14-13(15,16)10-3-1-2-4-11(10)18-12(20)19-5-6-21-9(7-17)8-19/h1-4,9H,5-6,8H2,(H,18,20). The fourth-order valence-electron chi connectivity index (χ4n) is 1.95. The highest BCUT2D eigenvalue weighted by Crippen LogP contribution is 2.34. The topological polar surface area (TPSA) is 65.4 Å². The average molecular weight is 299 g/mol. The van der Waals surface area contributed by atoms with Crippen molar-refractivity contribution in [1.82, 2.24) is 4.90 Å². The molecule has 1 saturated heterocycles. The molecule has 0 spiro atoms. The molecule has 2 rings (SSSR count). The number of rotatable bonds is 1. The van der Waals surface area contributed by atoms with Gasteiger partial charge in [0.2, 0.25) is 0 Å². The summed E-state index contributed by atoms with van der Waals surface area (Å²) < 4.78 is 43.6. The molecule has 2 amide bonds. The summed E-state index contributed by atoms with van der Waals surface area (Å²) >= 11 is 0. The van der Waals surface area contributed by atoms with Gasteiger partial charge < -0.3 is 15.0 Å². The molecule has 0 bridgehead atoms. The van der Waals surface area contributed by atoms with Gasteiger partial charge in [0, 0.05) is 6.54 Å². The Balaban J connectivity index is 2.12. The second-order valence-corrected chi connectivity index (χ2v) is 4.41. The third kappa shape index (κ3) is 3.64. The minimum atomic E-state index is -4.55. The molecule has 1 N–H and O–H groups in total. The molecule has 1 heterocycles. The first kappa shape index (κ1) is 15.1. The van der Waals surface area contributed by atoms with E-state index in [0.29, 0.717) is 0 Å². The van der Waals surface area contributed by atoms with Crippen LogP contribution in [0.25, 0.3) is 0 Å². The Morgan fingerprint density at radius 1 is 1.43 bits per heavy atom. The summed E-state index contributed by atoms with van der Waals surface area (Å²) in [5, 5.41) is 11.0.